The highest BCUT2D eigenvalue weighted by atomic mass is 16.1. The minimum absolute atomic E-state index is 0.268. The van der Waals surface area contributed by atoms with Gasteiger partial charge < -0.3 is 15.5 Å². The summed E-state index contributed by atoms with van der Waals surface area (Å²) in [5.74, 6) is 0.300. The maximum Gasteiger partial charge on any atom is 0.275 e. The number of amides is 1. The van der Waals surface area contributed by atoms with Crippen LogP contribution in [0.3, 0.4) is 0 Å². The van der Waals surface area contributed by atoms with E-state index in [0.717, 1.165) is 28.2 Å². The van der Waals surface area contributed by atoms with Crippen molar-refractivity contribution in [3.05, 3.63) is 71.7 Å². The second-order valence-corrected chi connectivity index (χ2v) is 6.63. The van der Waals surface area contributed by atoms with Gasteiger partial charge in [0.15, 0.2) is 0 Å². The first-order valence-electron chi connectivity index (χ1n) is 8.67. The van der Waals surface area contributed by atoms with Crippen molar-refractivity contribution in [2.24, 2.45) is 0 Å². The summed E-state index contributed by atoms with van der Waals surface area (Å²) >= 11 is 0. The van der Waals surface area contributed by atoms with E-state index >= 15 is 0 Å². The zero-order valence-electron chi connectivity index (χ0n) is 15.9. The fraction of sp³-hybridized carbons (Fsp3) is 0.190. The lowest BCUT2D eigenvalue weighted by Gasteiger charge is -2.13. The lowest BCUT2D eigenvalue weighted by Crippen LogP contribution is -2.15. The van der Waals surface area contributed by atoms with Gasteiger partial charge in [-0.15, -0.1) is 0 Å². The highest BCUT2D eigenvalue weighted by molar-refractivity contribution is 6.03. The first kappa shape index (κ1) is 18.4. The second kappa shape index (κ2) is 7.86. The molecule has 0 bridgehead atoms. The maximum atomic E-state index is 12.4. The molecule has 0 fully saturated rings. The fourth-order valence-electron chi connectivity index (χ4n) is 2.56. The van der Waals surface area contributed by atoms with E-state index in [4.69, 9.17) is 0 Å². The standard InChI is InChI=1S/C21H23N5O/c1-14-5-6-15(2)18(11-14)25-21(27)19-12-23-20(13-22-19)24-16-7-9-17(10-8-16)26(3)4/h5-13H,1-4H3,(H,23,24)(H,25,27). The van der Waals surface area contributed by atoms with Gasteiger partial charge in [-0.25, -0.2) is 9.97 Å². The molecule has 0 unspecified atom stereocenters. The van der Waals surface area contributed by atoms with Crippen LogP contribution in [0.2, 0.25) is 0 Å². The quantitative estimate of drug-likeness (QED) is 0.714. The van der Waals surface area contributed by atoms with Gasteiger partial charge >= 0.3 is 0 Å². The molecule has 6 nitrogen and oxygen atoms in total. The van der Waals surface area contributed by atoms with Gasteiger partial charge in [0.05, 0.1) is 12.4 Å². The summed E-state index contributed by atoms with van der Waals surface area (Å²) in [6, 6.07) is 13.9. The van der Waals surface area contributed by atoms with Gasteiger partial charge in [-0.3, -0.25) is 4.79 Å². The van der Waals surface area contributed by atoms with Crippen LogP contribution in [0.4, 0.5) is 22.9 Å². The van der Waals surface area contributed by atoms with E-state index in [1.807, 2.05) is 75.3 Å². The van der Waals surface area contributed by atoms with Gasteiger partial charge in [0.2, 0.25) is 0 Å². The summed E-state index contributed by atoms with van der Waals surface area (Å²) in [6.07, 6.45) is 3.02. The molecule has 0 atom stereocenters. The third-order valence-corrected chi connectivity index (χ3v) is 4.18. The minimum Gasteiger partial charge on any atom is -0.378 e. The van der Waals surface area contributed by atoms with Crippen LogP contribution in [0.15, 0.2) is 54.9 Å². The number of anilines is 4. The molecular weight excluding hydrogens is 338 g/mol. The first-order valence-corrected chi connectivity index (χ1v) is 8.67. The molecule has 0 aliphatic heterocycles. The Morgan fingerprint density at radius 2 is 1.70 bits per heavy atom. The number of rotatable bonds is 5. The Kier molecular flexibility index (Phi) is 5.35. The summed E-state index contributed by atoms with van der Waals surface area (Å²) < 4.78 is 0. The normalized spacial score (nSPS) is 10.4. The molecule has 1 aromatic heterocycles. The van der Waals surface area contributed by atoms with E-state index < -0.39 is 0 Å². The molecule has 0 spiro atoms. The molecule has 6 heteroatoms. The van der Waals surface area contributed by atoms with Gasteiger partial charge in [-0.2, -0.15) is 0 Å². The van der Waals surface area contributed by atoms with Crippen LogP contribution in [0.5, 0.6) is 0 Å². The topological polar surface area (TPSA) is 70.2 Å². The SMILES string of the molecule is Cc1ccc(C)c(NC(=O)c2cnc(Nc3ccc(N(C)C)cc3)cn2)c1. The Bertz CT molecular complexity index is 934. The Morgan fingerprint density at radius 1 is 0.963 bits per heavy atom. The molecule has 138 valence electrons. The summed E-state index contributed by atoms with van der Waals surface area (Å²) in [5.41, 5.74) is 5.16. The number of benzene rings is 2. The minimum atomic E-state index is -0.280. The molecule has 3 aromatic rings. The molecule has 27 heavy (non-hydrogen) atoms. The highest BCUT2D eigenvalue weighted by Crippen LogP contribution is 2.19. The van der Waals surface area contributed by atoms with E-state index in [1.165, 1.54) is 6.20 Å². The van der Waals surface area contributed by atoms with Crippen LogP contribution < -0.4 is 15.5 Å². The predicted octanol–water partition coefficient (Wildman–Crippen LogP) is 4.16. The molecule has 1 amide bonds. The number of hydrogen-bond donors (Lipinski definition) is 2. The van der Waals surface area contributed by atoms with Crippen LogP contribution in [0, 0.1) is 13.8 Å². The number of aromatic nitrogens is 2. The maximum absolute atomic E-state index is 12.4. The molecular formula is C21H23N5O. The van der Waals surface area contributed by atoms with Crippen molar-refractivity contribution in [2.75, 3.05) is 29.6 Å². The molecule has 0 aliphatic rings. The van der Waals surface area contributed by atoms with Gasteiger partial charge in [0, 0.05) is 31.2 Å². The van der Waals surface area contributed by atoms with Crippen LogP contribution >= 0.6 is 0 Å². The van der Waals surface area contributed by atoms with Gasteiger partial charge in [-0.1, -0.05) is 12.1 Å². The van der Waals surface area contributed by atoms with Crippen molar-refractivity contribution in [3.8, 4) is 0 Å². The van der Waals surface area contributed by atoms with E-state index in [0.29, 0.717) is 5.82 Å². The summed E-state index contributed by atoms with van der Waals surface area (Å²) in [7, 11) is 3.99. The van der Waals surface area contributed by atoms with Crippen molar-refractivity contribution in [1.82, 2.24) is 9.97 Å². The molecule has 3 rings (SSSR count). The average molecular weight is 361 g/mol. The Balaban J connectivity index is 1.67. The smallest absolute Gasteiger partial charge is 0.275 e. The molecule has 0 saturated heterocycles. The number of carbonyl (C=O) groups excluding carboxylic acids is 1. The molecule has 0 radical (unpaired) electrons. The average Bonchev–Trinajstić information content (AvgIpc) is 2.65. The van der Waals surface area contributed by atoms with Crippen LogP contribution in [-0.2, 0) is 0 Å². The Hall–Kier alpha value is -3.41. The summed E-state index contributed by atoms with van der Waals surface area (Å²) in [5, 5.41) is 6.07. The third kappa shape index (κ3) is 4.61. The predicted molar refractivity (Wildman–Crippen MR) is 110 cm³/mol. The van der Waals surface area contributed by atoms with E-state index in [9.17, 15) is 4.79 Å². The molecule has 0 aliphatic carbocycles. The number of nitrogens with zero attached hydrogens (tertiary/aromatic N) is 3. The van der Waals surface area contributed by atoms with Gasteiger partial charge in [0.1, 0.15) is 11.5 Å². The lowest BCUT2D eigenvalue weighted by molar-refractivity contribution is 0.102. The zero-order valence-corrected chi connectivity index (χ0v) is 15.9. The van der Waals surface area contributed by atoms with Crippen LogP contribution in [0.25, 0.3) is 0 Å². The van der Waals surface area contributed by atoms with Crippen molar-refractivity contribution in [1.29, 1.82) is 0 Å². The fourth-order valence-corrected chi connectivity index (χ4v) is 2.56. The van der Waals surface area contributed by atoms with Crippen molar-refractivity contribution in [3.63, 3.8) is 0 Å². The molecule has 1 heterocycles. The first-order chi connectivity index (χ1) is 12.9. The van der Waals surface area contributed by atoms with E-state index in [2.05, 4.69) is 20.6 Å². The van der Waals surface area contributed by atoms with Crippen molar-refractivity contribution in [2.45, 2.75) is 13.8 Å². The molecule has 2 aromatic carbocycles. The number of aryl methyl sites for hydroxylation is 2. The largest absolute Gasteiger partial charge is 0.378 e. The third-order valence-electron chi connectivity index (χ3n) is 4.18. The summed E-state index contributed by atoms with van der Waals surface area (Å²) in [4.78, 5) is 23.0. The Morgan fingerprint density at radius 3 is 2.33 bits per heavy atom. The number of hydrogen-bond acceptors (Lipinski definition) is 5. The highest BCUT2D eigenvalue weighted by Gasteiger charge is 2.10. The zero-order chi connectivity index (χ0) is 19.4. The van der Waals surface area contributed by atoms with Gasteiger partial charge in [-0.05, 0) is 55.3 Å². The van der Waals surface area contributed by atoms with E-state index in [1.54, 1.807) is 6.20 Å². The van der Waals surface area contributed by atoms with Gasteiger partial charge in [0.25, 0.3) is 5.91 Å². The number of carbonyl (C=O) groups is 1. The van der Waals surface area contributed by atoms with Crippen LogP contribution in [0.1, 0.15) is 21.6 Å². The lowest BCUT2D eigenvalue weighted by atomic mass is 10.1. The van der Waals surface area contributed by atoms with E-state index in [-0.39, 0.29) is 11.6 Å². The molecule has 2 N–H and O–H groups in total. The van der Waals surface area contributed by atoms with Crippen molar-refractivity contribution >= 4 is 28.8 Å². The van der Waals surface area contributed by atoms with Crippen molar-refractivity contribution < 1.29 is 4.79 Å². The monoisotopic (exact) mass is 361 g/mol. The number of nitrogens with one attached hydrogen (secondary N) is 2. The molecule has 0 saturated carbocycles. The second-order valence-electron chi connectivity index (χ2n) is 6.63. The Labute approximate surface area is 159 Å². The van der Waals surface area contributed by atoms with Crippen LogP contribution in [-0.4, -0.2) is 30.0 Å². The summed E-state index contributed by atoms with van der Waals surface area (Å²) in [6.45, 7) is 3.94.